The van der Waals surface area contributed by atoms with E-state index in [1.165, 1.54) is 25.7 Å². The zero-order valence-corrected chi connectivity index (χ0v) is 10.1. The number of carbonyl (C=O) groups excluding carboxylic acids is 1. The molecule has 1 amide bonds. The van der Waals surface area contributed by atoms with Crippen LogP contribution in [0.5, 0.6) is 0 Å². The van der Waals surface area contributed by atoms with Gasteiger partial charge in [-0.15, -0.1) is 0 Å². The summed E-state index contributed by atoms with van der Waals surface area (Å²) < 4.78 is 0. The normalized spacial score (nSPS) is 25.9. The van der Waals surface area contributed by atoms with Gasteiger partial charge in [-0.1, -0.05) is 38.4 Å². The van der Waals surface area contributed by atoms with E-state index in [1.54, 1.807) is 0 Å². The Hall–Kier alpha value is -0.640. The molecular weight excluding hydrogens is 208 g/mol. The molecule has 1 rings (SSSR count). The van der Waals surface area contributed by atoms with Gasteiger partial charge in [-0.05, 0) is 18.3 Å². The van der Waals surface area contributed by atoms with E-state index in [1.807, 2.05) is 0 Å². The van der Waals surface area contributed by atoms with E-state index >= 15 is 0 Å². The number of nitrogens with one attached hydrogen (secondary N) is 1. The molecule has 0 aromatic rings. The first-order chi connectivity index (χ1) is 7.09. The van der Waals surface area contributed by atoms with Crippen molar-refractivity contribution in [1.82, 2.24) is 5.32 Å². The Labute approximate surface area is 96.8 Å². The Balaban J connectivity index is 2.23. The van der Waals surface area contributed by atoms with Gasteiger partial charge in [0.1, 0.15) is 0 Å². The van der Waals surface area contributed by atoms with Gasteiger partial charge in [0.25, 0.3) is 0 Å². The average Bonchev–Trinajstić information content (AvgIpc) is 2.15. The van der Waals surface area contributed by atoms with Crippen molar-refractivity contribution in [1.29, 1.82) is 0 Å². The average molecular weight is 228 g/mol. The van der Waals surface area contributed by atoms with Crippen molar-refractivity contribution in [3.63, 3.8) is 0 Å². The molecule has 0 spiro atoms. The molecule has 1 fully saturated rings. The summed E-state index contributed by atoms with van der Waals surface area (Å²) in [6.07, 6.45) is 5.32. The highest BCUT2D eigenvalue weighted by Crippen LogP contribution is 2.28. The second-order valence-electron chi connectivity index (χ2n) is 4.47. The maximum atomic E-state index is 11.3. The molecule has 1 saturated carbocycles. The quantitative estimate of drug-likeness (QED) is 0.719. The van der Waals surface area contributed by atoms with Gasteiger partial charge in [-0.2, -0.15) is 0 Å². The predicted octanol–water partition coefficient (Wildman–Crippen LogP) is 1.61. The lowest BCUT2D eigenvalue weighted by atomic mass is 9.80. The van der Waals surface area contributed by atoms with Crippen LogP contribution in [0.1, 0.15) is 39.0 Å². The van der Waals surface area contributed by atoms with Crippen molar-refractivity contribution in [2.45, 2.75) is 39.0 Å². The van der Waals surface area contributed by atoms with Gasteiger partial charge in [0.2, 0.25) is 5.91 Å². The third-order valence-corrected chi connectivity index (χ3v) is 3.33. The SMILES string of the molecule is CC1CCCCC1CNC(=O)CC(N)=S. The Morgan fingerprint density at radius 3 is 2.73 bits per heavy atom. The molecule has 15 heavy (non-hydrogen) atoms. The van der Waals surface area contributed by atoms with Crippen LogP contribution < -0.4 is 11.1 Å². The number of carbonyl (C=O) groups is 1. The molecule has 3 nitrogen and oxygen atoms in total. The fourth-order valence-corrected chi connectivity index (χ4v) is 2.29. The Bertz CT molecular complexity index is 243. The zero-order chi connectivity index (χ0) is 11.3. The number of amides is 1. The largest absolute Gasteiger partial charge is 0.393 e. The lowest BCUT2D eigenvalue weighted by Gasteiger charge is -2.28. The van der Waals surface area contributed by atoms with Crippen molar-refractivity contribution in [2.75, 3.05) is 6.54 Å². The molecule has 0 aliphatic heterocycles. The third kappa shape index (κ3) is 4.60. The monoisotopic (exact) mass is 228 g/mol. The van der Waals surface area contributed by atoms with Crippen molar-refractivity contribution in [2.24, 2.45) is 17.6 Å². The van der Waals surface area contributed by atoms with Gasteiger partial charge >= 0.3 is 0 Å². The van der Waals surface area contributed by atoms with Crippen LogP contribution in [0.25, 0.3) is 0 Å². The molecule has 2 unspecified atom stereocenters. The minimum Gasteiger partial charge on any atom is -0.393 e. The molecule has 4 heteroatoms. The number of thiocarbonyl (C=S) groups is 1. The molecule has 0 aromatic heterocycles. The third-order valence-electron chi connectivity index (χ3n) is 3.19. The summed E-state index contributed by atoms with van der Waals surface area (Å²) in [4.78, 5) is 11.6. The van der Waals surface area contributed by atoms with E-state index in [2.05, 4.69) is 24.5 Å². The lowest BCUT2D eigenvalue weighted by molar-refractivity contribution is -0.120. The van der Waals surface area contributed by atoms with Crippen LogP contribution in [-0.4, -0.2) is 17.4 Å². The topological polar surface area (TPSA) is 55.1 Å². The Morgan fingerprint density at radius 2 is 2.13 bits per heavy atom. The minimum absolute atomic E-state index is 0.0414. The summed E-state index contributed by atoms with van der Waals surface area (Å²) >= 11 is 4.68. The molecule has 0 heterocycles. The van der Waals surface area contributed by atoms with Crippen molar-refractivity contribution < 1.29 is 4.79 Å². The fraction of sp³-hybridized carbons (Fsp3) is 0.818. The van der Waals surface area contributed by atoms with Crippen LogP contribution in [0.2, 0.25) is 0 Å². The first kappa shape index (κ1) is 12.4. The van der Waals surface area contributed by atoms with E-state index in [-0.39, 0.29) is 17.3 Å². The van der Waals surface area contributed by atoms with Gasteiger partial charge < -0.3 is 11.1 Å². The van der Waals surface area contributed by atoms with Crippen LogP contribution >= 0.6 is 12.2 Å². The molecule has 1 aliphatic rings. The summed E-state index contributed by atoms with van der Waals surface area (Å²) in [6.45, 7) is 3.05. The molecule has 1 aliphatic carbocycles. The summed E-state index contributed by atoms with van der Waals surface area (Å²) in [7, 11) is 0. The summed E-state index contributed by atoms with van der Waals surface area (Å²) in [5.74, 6) is 1.32. The number of hydrogen-bond acceptors (Lipinski definition) is 2. The second-order valence-corrected chi connectivity index (χ2v) is 4.99. The fourth-order valence-electron chi connectivity index (χ4n) is 2.16. The molecule has 86 valence electrons. The maximum Gasteiger partial charge on any atom is 0.226 e. The maximum absolute atomic E-state index is 11.3. The first-order valence-electron chi connectivity index (χ1n) is 5.64. The predicted molar refractivity (Wildman–Crippen MR) is 65.5 cm³/mol. The standard InChI is InChI=1S/C11H20N2OS/c1-8-4-2-3-5-9(8)7-13-11(14)6-10(12)15/h8-9H,2-7H2,1H3,(H2,12,15)(H,13,14). The van der Waals surface area contributed by atoms with E-state index < -0.39 is 0 Å². The van der Waals surface area contributed by atoms with Gasteiger partial charge in [-0.25, -0.2) is 0 Å². The molecule has 3 N–H and O–H groups in total. The Morgan fingerprint density at radius 1 is 1.47 bits per heavy atom. The molecule has 0 radical (unpaired) electrons. The van der Waals surface area contributed by atoms with Gasteiger partial charge in [0.15, 0.2) is 0 Å². The van der Waals surface area contributed by atoms with Gasteiger partial charge in [0, 0.05) is 6.54 Å². The molecule has 2 atom stereocenters. The summed E-state index contributed by atoms with van der Waals surface area (Å²) in [6, 6.07) is 0. The summed E-state index contributed by atoms with van der Waals surface area (Å²) in [5, 5.41) is 2.91. The van der Waals surface area contributed by atoms with Crippen molar-refractivity contribution in [3.05, 3.63) is 0 Å². The second kappa shape index (κ2) is 6.05. The van der Waals surface area contributed by atoms with Crippen molar-refractivity contribution >= 4 is 23.1 Å². The molecule has 0 bridgehead atoms. The molecular formula is C11H20N2OS. The highest BCUT2D eigenvalue weighted by atomic mass is 32.1. The van der Waals surface area contributed by atoms with Crippen LogP contribution in [0.3, 0.4) is 0 Å². The van der Waals surface area contributed by atoms with Crippen LogP contribution in [0, 0.1) is 11.8 Å². The minimum atomic E-state index is -0.0414. The molecule has 0 aromatic carbocycles. The number of nitrogens with two attached hydrogens (primary N) is 1. The highest BCUT2D eigenvalue weighted by molar-refractivity contribution is 7.80. The lowest BCUT2D eigenvalue weighted by Crippen LogP contribution is -2.35. The van der Waals surface area contributed by atoms with Crippen LogP contribution in [-0.2, 0) is 4.79 Å². The summed E-state index contributed by atoms with van der Waals surface area (Å²) in [5.41, 5.74) is 5.30. The number of hydrogen-bond donors (Lipinski definition) is 2. The highest BCUT2D eigenvalue weighted by Gasteiger charge is 2.21. The van der Waals surface area contributed by atoms with E-state index in [0.717, 1.165) is 12.5 Å². The van der Waals surface area contributed by atoms with E-state index in [4.69, 9.17) is 5.73 Å². The smallest absolute Gasteiger partial charge is 0.226 e. The zero-order valence-electron chi connectivity index (χ0n) is 9.29. The van der Waals surface area contributed by atoms with Gasteiger partial charge in [-0.3, -0.25) is 4.79 Å². The van der Waals surface area contributed by atoms with E-state index in [9.17, 15) is 4.79 Å². The number of rotatable bonds is 4. The Kier molecular flexibility index (Phi) is 5.02. The van der Waals surface area contributed by atoms with E-state index in [0.29, 0.717) is 5.92 Å². The van der Waals surface area contributed by atoms with Crippen molar-refractivity contribution in [3.8, 4) is 0 Å². The first-order valence-corrected chi connectivity index (χ1v) is 6.05. The van der Waals surface area contributed by atoms with Gasteiger partial charge in [0.05, 0.1) is 11.4 Å². The van der Waals surface area contributed by atoms with Crippen LogP contribution in [0.4, 0.5) is 0 Å². The molecule has 0 saturated heterocycles. The van der Waals surface area contributed by atoms with Crippen LogP contribution in [0.15, 0.2) is 0 Å².